The van der Waals surface area contributed by atoms with Gasteiger partial charge in [0, 0.05) is 16.9 Å². The van der Waals surface area contributed by atoms with Gasteiger partial charge in [0.05, 0.1) is 17.0 Å². The molecule has 3 nitrogen and oxygen atoms in total. The number of ketones is 1. The molecule has 2 heterocycles. The van der Waals surface area contributed by atoms with Gasteiger partial charge in [0.25, 0.3) is 0 Å². The molecule has 0 amide bonds. The van der Waals surface area contributed by atoms with Crippen molar-refractivity contribution in [1.82, 2.24) is 9.78 Å². The molecule has 0 bridgehead atoms. The van der Waals surface area contributed by atoms with Crippen LogP contribution in [0.1, 0.15) is 41.7 Å². The first-order chi connectivity index (χ1) is 10.2. The Bertz CT molecular complexity index is 739. The third-order valence-electron chi connectivity index (χ3n) is 3.75. The summed E-state index contributed by atoms with van der Waals surface area (Å²) in [5, 5.41) is 5.64. The standard InChI is InChI=1S/C17H18N2OS/c1-3-12(2)19-9-8-14(18-19)11-15(20)17-10-13-6-4-5-7-16(13)21-17/h4-10,12H,3,11H2,1-2H3. The fourth-order valence-electron chi connectivity index (χ4n) is 2.28. The zero-order valence-corrected chi connectivity index (χ0v) is 13.1. The highest BCUT2D eigenvalue weighted by Gasteiger charge is 2.13. The summed E-state index contributed by atoms with van der Waals surface area (Å²) in [6, 6.07) is 12.4. The Labute approximate surface area is 128 Å². The minimum Gasteiger partial charge on any atom is -0.293 e. The third kappa shape index (κ3) is 2.90. The molecule has 1 unspecified atom stereocenters. The molecule has 0 fully saturated rings. The lowest BCUT2D eigenvalue weighted by molar-refractivity contribution is 0.0995. The van der Waals surface area contributed by atoms with Crippen LogP contribution < -0.4 is 0 Å². The van der Waals surface area contributed by atoms with Gasteiger partial charge in [-0.15, -0.1) is 11.3 Å². The number of nitrogens with zero attached hydrogens (tertiary/aromatic N) is 2. The summed E-state index contributed by atoms with van der Waals surface area (Å²) >= 11 is 1.56. The lowest BCUT2D eigenvalue weighted by atomic mass is 10.2. The second-order valence-electron chi connectivity index (χ2n) is 5.29. The molecule has 0 N–H and O–H groups in total. The van der Waals surface area contributed by atoms with Gasteiger partial charge in [-0.25, -0.2) is 0 Å². The number of hydrogen-bond acceptors (Lipinski definition) is 3. The van der Waals surface area contributed by atoms with E-state index in [1.807, 2.05) is 41.2 Å². The molecule has 2 aromatic heterocycles. The molecule has 0 spiro atoms. The molecule has 0 radical (unpaired) electrons. The van der Waals surface area contributed by atoms with Gasteiger partial charge >= 0.3 is 0 Å². The van der Waals surface area contributed by atoms with E-state index in [0.29, 0.717) is 12.5 Å². The predicted molar refractivity (Wildman–Crippen MR) is 87.1 cm³/mol. The summed E-state index contributed by atoms with van der Waals surface area (Å²) in [5.74, 6) is 0.144. The van der Waals surface area contributed by atoms with Crippen molar-refractivity contribution >= 4 is 27.2 Å². The molecular weight excluding hydrogens is 280 g/mol. The molecule has 0 aliphatic heterocycles. The lowest BCUT2D eigenvalue weighted by Gasteiger charge is -2.07. The van der Waals surface area contributed by atoms with Crippen LogP contribution in [0.5, 0.6) is 0 Å². The van der Waals surface area contributed by atoms with Crippen LogP contribution >= 0.6 is 11.3 Å². The maximum Gasteiger partial charge on any atom is 0.178 e. The Morgan fingerprint density at radius 1 is 1.33 bits per heavy atom. The third-order valence-corrected chi connectivity index (χ3v) is 4.91. The number of fused-ring (bicyclic) bond motifs is 1. The Hall–Kier alpha value is -1.94. The van der Waals surface area contributed by atoms with Crippen molar-refractivity contribution in [1.29, 1.82) is 0 Å². The molecular formula is C17H18N2OS. The maximum absolute atomic E-state index is 12.4. The first-order valence-electron chi connectivity index (χ1n) is 7.23. The molecule has 1 atom stereocenters. The topological polar surface area (TPSA) is 34.9 Å². The van der Waals surface area contributed by atoms with Crippen molar-refractivity contribution in [2.75, 3.05) is 0 Å². The monoisotopic (exact) mass is 298 g/mol. The van der Waals surface area contributed by atoms with Gasteiger partial charge in [-0.1, -0.05) is 25.1 Å². The van der Waals surface area contributed by atoms with Crippen LogP contribution in [-0.4, -0.2) is 15.6 Å². The quantitative estimate of drug-likeness (QED) is 0.650. The minimum absolute atomic E-state index is 0.144. The fourth-order valence-corrected chi connectivity index (χ4v) is 3.28. The summed E-state index contributed by atoms with van der Waals surface area (Å²) in [4.78, 5) is 13.2. The number of aromatic nitrogens is 2. The Kier molecular flexibility index (Phi) is 3.88. The number of Topliss-reactive ketones (excluding diaryl/α,β-unsaturated/α-hetero) is 1. The summed E-state index contributed by atoms with van der Waals surface area (Å²) in [6.45, 7) is 4.26. The van der Waals surface area contributed by atoms with Crippen LogP contribution in [0.4, 0.5) is 0 Å². The second kappa shape index (κ2) is 5.82. The molecule has 0 saturated heterocycles. The number of carbonyl (C=O) groups excluding carboxylic acids is 1. The molecule has 108 valence electrons. The van der Waals surface area contributed by atoms with Gasteiger partial charge in [0.1, 0.15) is 0 Å². The van der Waals surface area contributed by atoms with E-state index in [1.54, 1.807) is 11.3 Å². The summed E-state index contributed by atoms with van der Waals surface area (Å²) in [6.07, 6.45) is 3.36. The zero-order chi connectivity index (χ0) is 14.8. The molecule has 0 saturated carbocycles. The van der Waals surface area contributed by atoms with Gasteiger partial charge in [-0.3, -0.25) is 9.48 Å². The highest BCUT2D eigenvalue weighted by atomic mass is 32.1. The van der Waals surface area contributed by atoms with E-state index in [4.69, 9.17) is 0 Å². The van der Waals surface area contributed by atoms with Crippen LogP contribution in [0, 0.1) is 0 Å². The van der Waals surface area contributed by atoms with E-state index in [1.165, 1.54) is 0 Å². The molecule has 4 heteroatoms. The molecule has 3 rings (SSSR count). The second-order valence-corrected chi connectivity index (χ2v) is 6.38. The van der Waals surface area contributed by atoms with Crippen LogP contribution in [-0.2, 0) is 6.42 Å². The highest BCUT2D eigenvalue weighted by molar-refractivity contribution is 7.20. The van der Waals surface area contributed by atoms with Crippen molar-refractivity contribution in [2.45, 2.75) is 32.7 Å². The van der Waals surface area contributed by atoms with Crippen molar-refractivity contribution in [3.63, 3.8) is 0 Å². The molecule has 0 aliphatic rings. The number of rotatable bonds is 5. The van der Waals surface area contributed by atoms with Crippen molar-refractivity contribution < 1.29 is 4.79 Å². The van der Waals surface area contributed by atoms with Crippen LogP contribution in [0.15, 0.2) is 42.6 Å². The summed E-state index contributed by atoms with van der Waals surface area (Å²) < 4.78 is 3.10. The fraction of sp³-hybridized carbons (Fsp3) is 0.294. The molecule has 0 aliphatic carbocycles. The normalized spacial score (nSPS) is 12.7. The largest absolute Gasteiger partial charge is 0.293 e. The van der Waals surface area contributed by atoms with Crippen LogP contribution in [0.2, 0.25) is 0 Å². The Balaban J connectivity index is 1.78. The predicted octanol–water partition coefficient (Wildman–Crippen LogP) is 4.49. The minimum atomic E-state index is 0.144. The first-order valence-corrected chi connectivity index (χ1v) is 8.05. The van der Waals surface area contributed by atoms with Crippen molar-refractivity contribution in [2.24, 2.45) is 0 Å². The van der Waals surface area contributed by atoms with Gasteiger partial charge in [-0.2, -0.15) is 5.10 Å². The van der Waals surface area contributed by atoms with Gasteiger partial charge in [0.15, 0.2) is 5.78 Å². The SMILES string of the molecule is CCC(C)n1ccc(CC(=O)c2cc3ccccc3s2)n1. The van der Waals surface area contributed by atoms with E-state index >= 15 is 0 Å². The van der Waals surface area contributed by atoms with Gasteiger partial charge < -0.3 is 0 Å². The molecule has 1 aromatic carbocycles. The van der Waals surface area contributed by atoms with Gasteiger partial charge in [0.2, 0.25) is 0 Å². The van der Waals surface area contributed by atoms with E-state index in [2.05, 4.69) is 25.0 Å². The maximum atomic E-state index is 12.4. The molecule has 21 heavy (non-hydrogen) atoms. The smallest absolute Gasteiger partial charge is 0.178 e. The van der Waals surface area contributed by atoms with E-state index < -0.39 is 0 Å². The highest BCUT2D eigenvalue weighted by Crippen LogP contribution is 2.26. The van der Waals surface area contributed by atoms with Crippen molar-refractivity contribution in [3.8, 4) is 0 Å². The Morgan fingerprint density at radius 2 is 2.14 bits per heavy atom. The number of carbonyl (C=O) groups is 1. The van der Waals surface area contributed by atoms with E-state index in [-0.39, 0.29) is 5.78 Å². The summed E-state index contributed by atoms with van der Waals surface area (Å²) in [7, 11) is 0. The first kappa shape index (κ1) is 14.0. The van der Waals surface area contributed by atoms with Crippen LogP contribution in [0.25, 0.3) is 10.1 Å². The average Bonchev–Trinajstić information content (AvgIpc) is 3.12. The Morgan fingerprint density at radius 3 is 2.90 bits per heavy atom. The van der Waals surface area contributed by atoms with E-state index in [9.17, 15) is 4.79 Å². The zero-order valence-electron chi connectivity index (χ0n) is 12.2. The molecule has 3 aromatic rings. The van der Waals surface area contributed by atoms with Gasteiger partial charge in [-0.05, 0) is 36.9 Å². The van der Waals surface area contributed by atoms with Crippen LogP contribution in [0.3, 0.4) is 0 Å². The summed E-state index contributed by atoms with van der Waals surface area (Å²) in [5.41, 5.74) is 0.845. The lowest BCUT2D eigenvalue weighted by Crippen LogP contribution is -2.07. The van der Waals surface area contributed by atoms with E-state index in [0.717, 1.165) is 27.1 Å². The number of benzene rings is 1. The van der Waals surface area contributed by atoms with Crippen molar-refractivity contribution in [3.05, 3.63) is 53.2 Å². The number of hydrogen-bond donors (Lipinski definition) is 0. The average molecular weight is 298 g/mol. The number of thiophene rings is 1.